The molecule has 1 fully saturated rings. The van der Waals surface area contributed by atoms with E-state index in [-0.39, 0.29) is 18.9 Å². The van der Waals surface area contributed by atoms with Crippen LogP contribution in [-0.4, -0.2) is 53.7 Å². The Hall–Kier alpha value is -1.92. The first-order valence-corrected chi connectivity index (χ1v) is 6.98. The first kappa shape index (κ1) is 15.5. The second-order valence-electron chi connectivity index (χ2n) is 5.17. The molecular weight excluding hydrogens is 272 g/mol. The number of amides is 1. The first-order valence-electron chi connectivity index (χ1n) is 6.98. The van der Waals surface area contributed by atoms with E-state index in [1.54, 1.807) is 4.90 Å². The molecule has 1 aliphatic heterocycles. The number of carboxylic acids is 1. The molecule has 0 spiro atoms. The van der Waals surface area contributed by atoms with E-state index in [1.807, 2.05) is 30.3 Å². The van der Waals surface area contributed by atoms with Crippen LogP contribution >= 0.6 is 0 Å². The van der Waals surface area contributed by atoms with Crippen molar-refractivity contribution in [2.45, 2.75) is 25.0 Å². The molecule has 1 saturated heterocycles. The Morgan fingerprint density at radius 1 is 1.38 bits per heavy atom. The summed E-state index contributed by atoms with van der Waals surface area (Å²) < 4.78 is 5.35. The van der Waals surface area contributed by atoms with Crippen molar-refractivity contribution in [3.63, 3.8) is 0 Å². The maximum Gasteiger partial charge on any atom is 0.306 e. The standard InChI is InChI=1S/C15H20N2O4/c16-13(8-11-4-2-1-3-5-11)15(20)17-6-7-21-12(10-17)9-14(18)19/h1-5,12-13H,6-10,16H2,(H,18,19). The van der Waals surface area contributed by atoms with Crippen LogP contribution in [0, 0.1) is 0 Å². The number of rotatable bonds is 5. The number of morpholine rings is 1. The summed E-state index contributed by atoms with van der Waals surface area (Å²) in [5, 5.41) is 8.79. The molecular formula is C15H20N2O4. The zero-order valence-corrected chi connectivity index (χ0v) is 11.8. The molecule has 2 unspecified atom stereocenters. The van der Waals surface area contributed by atoms with Gasteiger partial charge in [0.15, 0.2) is 0 Å². The van der Waals surface area contributed by atoms with E-state index in [9.17, 15) is 9.59 Å². The van der Waals surface area contributed by atoms with Gasteiger partial charge in [0.1, 0.15) is 0 Å². The molecule has 3 N–H and O–H groups in total. The van der Waals surface area contributed by atoms with Gasteiger partial charge in [-0.25, -0.2) is 0 Å². The Balaban J connectivity index is 1.91. The van der Waals surface area contributed by atoms with Crippen LogP contribution in [0.5, 0.6) is 0 Å². The van der Waals surface area contributed by atoms with E-state index in [4.69, 9.17) is 15.6 Å². The summed E-state index contributed by atoms with van der Waals surface area (Å²) in [6.07, 6.45) is -0.0812. The molecule has 6 nitrogen and oxygen atoms in total. The van der Waals surface area contributed by atoms with Gasteiger partial charge in [-0.1, -0.05) is 30.3 Å². The topological polar surface area (TPSA) is 92.9 Å². The molecule has 114 valence electrons. The predicted molar refractivity (Wildman–Crippen MR) is 76.7 cm³/mol. The molecule has 1 aliphatic rings. The molecule has 1 aromatic carbocycles. The SMILES string of the molecule is NC(Cc1ccccc1)C(=O)N1CCOC(CC(=O)O)C1. The van der Waals surface area contributed by atoms with Crippen molar-refractivity contribution in [1.29, 1.82) is 0 Å². The maximum absolute atomic E-state index is 12.3. The Bertz CT molecular complexity index is 492. The molecule has 2 atom stereocenters. The van der Waals surface area contributed by atoms with E-state index >= 15 is 0 Å². The highest BCUT2D eigenvalue weighted by Gasteiger charge is 2.28. The highest BCUT2D eigenvalue weighted by atomic mass is 16.5. The molecule has 0 radical (unpaired) electrons. The summed E-state index contributed by atoms with van der Waals surface area (Å²) >= 11 is 0. The van der Waals surface area contributed by atoms with Crippen LogP contribution < -0.4 is 5.73 Å². The van der Waals surface area contributed by atoms with Gasteiger partial charge in [0.2, 0.25) is 5.91 Å². The zero-order valence-electron chi connectivity index (χ0n) is 11.8. The molecule has 1 amide bonds. The minimum absolute atomic E-state index is 0.0995. The predicted octanol–water partition coefficient (Wildman–Crippen LogP) is 0.259. The van der Waals surface area contributed by atoms with Crippen LogP contribution in [-0.2, 0) is 20.7 Å². The Morgan fingerprint density at radius 3 is 2.76 bits per heavy atom. The van der Waals surface area contributed by atoms with Gasteiger partial charge in [-0.15, -0.1) is 0 Å². The van der Waals surface area contributed by atoms with Crippen LogP contribution in [0.1, 0.15) is 12.0 Å². The molecule has 0 aromatic heterocycles. The molecule has 21 heavy (non-hydrogen) atoms. The van der Waals surface area contributed by atoms with Crippen molar-refractivity contribution in [2.75, 3.05) is 19.7 Å². The van der Waals surface area contributed by atoms with Gasteiger partial charge in [0, 0.05) is 13.1 Å². The van der Waals surface area contributed by atoms with E-state index in [0.717, 1.165) is 5.56 Å². The smallest absolute Gasteiger partial charge is 0.306 e. The number of nitrogens with zero attached hydrogens (tertiary/aromatic N) is 1. The second kappa shape index (κ2) is 7.19. The number of hydrogen-bond acceptors (Lipinski definition) is 4. The maximum atomic E-state index is 12.3. The molecule has 0 saturated carbocycles. The van der Waals surface area contributed by atoms with Gasteiger partial charge < -0.3 is 20.5 Å². The summed E-state index contributed by atoms with van der Waals surface area (Å²) in [5.41, 5.74) is 6.99. The van der Waals surface area contributed by atoms with Crippen LogP contribution in [0.15, 0.2) is 30.3 Å². The number of ether oxygens (including phenoxy) is 1. The molecule has 2 rings (SSSR count). The van der Waals surface area contributed by atoms with Crippen molar-refractivity contribution < 1.29 is 19.4 Å². The lowest BCUT2D eigenvalue weighted by Gasteiger charge is -2.33. The van der Waals surface area contributed by atoms with E-state index < -0.39 is 18.1 Å². The number of carbonyl (C=O) groups excluding carboxylic acids is 1. The minimum Gasteiger partial charge on any atom is -0.481 e. The van der Waals surface area contributed by atoms with Crippen LogP contribution in [0.4, 0.5) is 0 Å². The molecule has 6 heteroatoms. The fourth-order valence-corrected chi connectivity index (χ4v) is 2.43. The van der Waals surface area contributed by atoms with E-state index in [2.05, 4.69) is 0 Å². The lowest BCUT2D eigenvalue weighted by atomic mass is 10.0. The molecule has 0 bridgehead atoms. The fraction of sp³-hybridized carbons (Fsp3) is 0.467. The summed E-state index contributed by atoms with van der Waals surface area (Å²) in [6.45, 7) is 1.09. The van der Waals surface area contributed by atoms with Gasteiger partial charge in [-0.2, -0.15) is 0 Å². The Labute approximate surface area is 123 Å². The fourth-order valence-electron chi connectivity index (χ4n) is 2.43. The van der Waals surface area contributed by atoms with Crippen molar-refractivity contribution in [3.8, 4) is 0 Å². The summed E-state index contributed by atoms with van der Waals surface area (Å²) in [7, 11) is 0. The average molecular weight is 292 g/mol. The number of benzene rings is 1. The number of aliphatic carboxylic acids is 1. The minimum atomic E-state index is -0.928. The molecule has 0 aliphatic carbocycles. The van der Waals surface area contributed by atoms with Gasteiger partial charge in [0.25, 0.3) is 0 Å². The molecule has 1 aromatic rings. The number of carbonyl (C=O) groups is 2. The lowest BCUT2D eigenvalue weighted by Crippen LogP contribution is -2.52. The molecule has 1 heterocycles. The van der Waals surface area contributed by atoms with Gasteiger partial charge in [0.05, 0.1) is 25.2 Å². The van der Waals surface area contributed by atoms with Crippen molar-refractivity contribution in [3.05, 3.63) is 35.9 Å². The van der Waals surface area contributed by atoms with Crippen LogP contribution in [0.2, 0.25) is 0 Å². The number of carboxylic acid groups (broad SMARTS) is 1. The zero-order chi connectivity index (χ0) is 15.2. The average Bonchev–Trinajstić information content (AvgIpc) is 2.47. The third-order valence-electron chi connectivity index (χ3n) is 3.47. The third-order valence-corrected chi connectivity index (χ3v) is 3.47. The van der Waals surface area contributed by atoms with Crippen LogP contribution in [0.3, 0.4) is 0 Å². The highest BCUT2D eigenvalue weighted by molar-refractivity contribution is 5.82. The quantitative estimate of drug-likeness (QED) is 0.812. The third kappa shape index (κ3) is 4.54. The van der Waals surface area contributed by atoms with Gasteiger partial charge in [-0.05, 0) is 12.0 Å². The monoisotopic (exact) mass is 292 g/mol. The number of hydrogen-bond donors (Lipinski definition) is 2. The van der Waals surface area contributed by atoms with Gasteiger partial charge >= 0.3 is 5.97 Å². The highest BCUT2D eigenvalue weighted by Crippen LogP contribution is 2.11. The van der Waals surface area contributed by atoms with E-state index in [1.165, 1.54) is 0 Å². The summed E-state index contributed by atoms with van der Waals surface area (Å²) in [5.74, 6) is -1.08. The summed E-state index contributed by atoms with van der Waals surface area (Å²) in [4.78, 5) is 24.6. The Morgan fingerprint density at radius 2 is 2.10 bits per heavy atom. The van der Waals surface area contributed by atoms with Crippen molar-refractivity contribution in [2.24, 2.45) is 5.73 Å². The van der Waals surface area contributed by atoms with Crippen molar-refractivity contribution >= 4 is 11.9 Å². The van der Waals surface area contributed by atoms with Crippen LogP contribution in [0.25, 0.3) is 0 Å². The number of nitrogens with two attached hydrogens (primary N) is 1. The lowest BCUT2D eigenvalue weighted by molar-refractivity contribution is -0.148. The largest absolute Gasteiger partial charge is 0.481 e. The van der Waals surface area contributed by atoms with Crippen molar-refractivity contribution in [1.82, 2.24) is 4.90 Å². The van der Waals surface area contributed by atoms with E-state index in [0.29, 0.717) is 19.6 Å². The first-order chi connectivity index (χ1) is 10.1. The van der Waals surface area contributed by atoms with Gasteiger partial charge in [-0.3, -0.25) is 9.59 Å². The Kier molecular flexibility index (Phi) is 5.30. The summed E-state index contributed by atoms with van der Waals surface area (Å²) in [6, 6.07) is 8.97. The second-order valence-corrected chi connectivity index (χ2v) is 5.17. The normalized spacial score (nSPS) is 20.0.